The van der Waals surface area contributed by atoms with Crippen molar-refractivity contribution in [1.29, 1.82) is 0 Å². The summed E-state index contributed by atoms with van der Waals surface area (Å²) >= 11 is 1.66. The number of aryl methyl sites for hydroxylation is 1. The molecule has 0 saturated heterocycles. The van der Waals surface area contributed by atoms with Crippen molar-refractivity contribution < 1.29 is 9.53 Å². The van der Waals surface area contributed by atoms with E-state index in [2.05, 4.69) is 26.0 Å². The van der Waals surface area contributed by atoms with E-state index in [1.165, 1.54) is 0 Å². The predicted molar refractivity (Wildman–Crippen MR) is 108 cm³/mol. The van der Waals surface area contributed by atoms with E-state index in [9.17, 15) is 4.79 Å². The Morgan fingerprint density at radius 3 is 2.54 bits per heavy atom. The van der Waals surface area contributed by atoms with E-state index in [1.54, 1.807) is 23.3 Å². The summed E-state index contributed by atoms with van der Waals surface area (Å²) in [5.41, 5.74) is 0.608. The highest BCUT2D eigenvalue weighted by Crippen LogP contribution is 2.10. The topological polar surface area (TPSA) is 78.9 Å². The van der Waals surface area contributed by atoms with Crippen molar-refractivity contribution in [2.24, 2.45) is 4.99 Å². The first-order valence-electron chi connectivity index (χ1n) is 9.08. The van der Waals surface area contributed by atoms with Crippen molar-refractivity contribution in [2.75, 3.05) is 33.2 Å². The first-order chi connectivity index (χ1) is 12.2. The van der Waals surface area contributed by atoms with Gasteiger partial charge in [0.05, 0.1) is 10.7 Å². The lowest BCUT2D eigenvalue weighted by Crippen LogP contribution is -2.45. The molecule has 0 aliphatic heterocycles. The fraction of sp³-hybridized carbons (Fsp3) is 0.722. The molecule has 1 heterocycles. The van der Waals surface area contributed by atoms with Gasteiger partial charge in [0, 0.05) is 45.0 Å². The van der Waals surface area contributed by atoms with Gasteiger partial charge in [-0.1, -0.05) is 6.92 Å². The van der Waals surface area contributed by atoms with Crippen molar-refractivity contribution in [2.45, 2.75) is 53.1 Å². The Morgan fingerprint density at radius 2 is 2.00 bits per heavy atom. The number of ether oxygens (including phenoxy) is 1. The number of rotatable bonds is 8. The highest BCUT2D eigenvalue weighted by molar-refractivity contribution is 7.09. The SMILES string of the molecule is CCCN(CCNC(=NC)NCCc1csc(C)n1)C(=O)OC(C)(C)C. The predicted octanol–water partition coefficient (Wildman–Crippen LogP) is 2.81. The lowest BCUT2D eigenvalue weighted by atomic mass is 10.2. The molecule has 7 nitrogen and oxygen atoms in total. The van der Waals surface area contributed by atoms with Crippen molar-refractivity contribution in [3.63, 3.8) is 0 Å². The smallest absolute Gasteiger partial charge is 0.410 e. The number of aliphatic imine (C=N–C) groups is 1. The first-order valence-corrected chi connectivity index (χ1v) is 9.96. The summed E-state index contributed by atoms with van der Waals surface area (Å²) in [4.78, 5) is 22.6. The van der Waals surface area contributed by atoms with Gasteiger partial charge in [-0.15, -0.1) is 11.3 Å². The quantitative estimate of drug-likeness (QED) is 0.533. The number of nitrogens with zero attached hydrogens (tertiary/aromatic N) is 3. The normalized spacial score (nSPS) is 12.0. The monoisotopic (exact) mass is 383 g/mol. The molecule has 0 radical (unpaired) electrons. The van der Waals surface area contributed by atoms with Crippen LogP contribution in [0.4, 0.5) is 4.79 Å². The van der Waals surface area contributed by atoms with Crippen LogP contribution in [0.3, 0.4) is 0 Å². The Morgan fingerprint density at radius 1 is 1.31 bits per heavy atom. The van der Waals surface area contributed by atoms with Crippen molar-refractivity contribution in [3.8, 4) is 0 Å². The second-order valence-electron chi connectivity index (χ2n) is 7.00. The van der Waals surface area contributed by atoms with Crippen LogP contribution < -0.4 is 10.6 Å². The maximum Gasteiger partial charge on any atom is 0.410 e. The van der Waals surface area contributed by atoms with Crippen LogP contribution in [0.5, 0.6) is 0 Å². The summed E-state index contributed by atoms with van der Waals surface area (Å²) in [7, 11) is 1.74. The van der Waals surface area contributed by atoms with Crippen molar-refractivity contribution >= 4 is 23.4 Å². The molecular formula is C18H33N5O2S. The van der Waals surface area contributed by atoms with Gasteiger partial charge in [0.15, 0.2) is 5.96 Å². The van der Waals surface area contributed by atoms with E-state index in [1.807, 2.05) is 34.6 Å². The zero-order chi connectivity index (χ0) is 19.6. The van der Waals surface area contributed by atoms with Gasteiger partial charge in [0.2, 0.25) is 0 Å². The fourth-order valence-corrected chi connectivity index (χ4v) is 2.90. The Hall–Kier alpha value is -1.83. The van der Waals surface area contributed by atoms with Gasteiger partial charge in [-0.2, -0.15) is 0 Å². The lowest BCUT2D eigenvalue weighted by molar-refractivity contribution is 0.0253. The van der Waals surface area contributed by atoms with Gasteiger partial charge >= 0.3 is 6.09 Å². The third-order valence-corrected chi connectivity index (χ3v) is 4.21. The molecule has 0 fully saturated rings. The summed E-state index contributed by atoms with van der Waals surface area (Å²) in [6, 6.07) is 0. The molecule has 1 aromatic rings. The number of guanidine groups is 1. The van der Waals surface area contributed by atoms with Gasteiger partial charge in [-0.05, 0) is 34.1 Å². The summed E-state index contributed by atoms with van der Waals surface area (Å²) < 4.78 is 5.46. The van der Waals surface area contributed by atoms with Gasteiger partial charge in [0.1, 0.15) is 5.60 Å². The van der Waals surface area contributed by atoms with Crippen LogP contribution in [-0.2, 0) is 11.2 Å². The van der Waals surface area contributed by atoms with Crippen LogP contribution in [-0.4, -0.2) is 60.8 Å². The minimum Gasteiger partial charge on any atom is -0.444 e. The molecule has 2 N–H and O–H groups in total. The molecule has 8 heteroatoms. The Bertz CT molecular complexity index is 580. The molecule has 1 rings (SSSR count). The standard InChI is InChI=1S/C18H33N5O2S/c1-7-11-23(17(24)25-18(3,4)5)12-10-21-16(19-6)20-9-8-15-13-26-14(2)22-15/h13H,7-12H2,1-6H3,(H2,19,20,21). The molecular weight excluding hydrogens is 350 g/mol. The Labute approximate surface area is 161 Å². The molecule has 0 saturated carbocycles. The average Bonchev–Trinajstić information content (AvgIpc) is 2.96. The summed E-state index contributed by atoms with van der Waals surface area (Å²) in [6.07, 6.45) is 1.47. The van der Waals surface area contributed by atoms with E-state index in [0.29, 0.717) is 19.6 Å². The zero-order valence-corrected chi connectivity index (χ0v) is 17.7. The highest BCUT2D eigenvalue weighted by Gasteiger charge is 2.21. The van der Waals surface area contributed by atoms with E-state index in [4.69, 9.17) is 4.74 Å². The lowest BCUT2D eigenvalue weighted by Gasteiger charge is -2.27. The van der Waals surface area contributed by atoms with Crippen molar-refractivity contribution in [1.82, 2.24) is 20.5 Å². The molecule has 0 bridgehead atoms. The fourth-order valence-electron chi connectivity index (χ4n) is 2.25. The van der Waals surface area contributed by atoms with Crippen molar-refractivity contribution in [3.05, 3.63) is 16.1 Å². The molecule has 26 heavy (non-hydrogen) atoms. The number of amides is 1. The van der Waals surface area contributed by atoms with Gasteiger partial charge in [-0.3, -0.25) is 4.99 Å². The van der Waals surface area contributed by atoms with Crippen LogP contribution in [0.15, 0.2) is 10.4 Å². The molecule has 0 unspecified atom stereocenters. The van der Waals surface area contributed by atoms with Crippen LogP contribution >= 0.6 is 11.3 Å². The molecule has 0 aliphatic carbocycles. The number of carbonyl (C=O) groups is 1. The molecule has 1 amide bonds. The molecule has 0 aromatic carbocycles. The van der Waals surface area contributed by atoms with Crippen LogP contribution in [0.25, 0.3) is 0 Å². The van der Waals surface area contributed by atoms with E-state index in [0.717, 1.165) is 36.0 Å². The number of aromatic nitrogens is 1. The molecule has 0 atom stereocenters. The average molecular weight is 384 g/mol. The van der Waals surface area contributed by atoms with Crippen LogP contribution in [0, 0.1) is 6.92 Å². The molecule has 1 aromatic heterocycles. The Balaban J connectivity index is 2.37. The van der Waals surface area contributed by atoms with E-state index in [-0.39, 0.29) is 6.09 Å². The molecule has 0 aliphatic rings. The Kier molecular flexibility index (Phi) is 9.40. The maximum absolute atomic E-state index is 12.2. The molecule has 0 spiro atoms. The summed E-state index contributed by atoms with van der Waals surface area (Å²) in [5, 5.41) is 9.67. The van der Waals surface area contributed by atoms with Gasteiger partial charge in [0.25, 0.3) is 0 Å². The second-order valence-corrected chi connectivity index (χ2v) is 8.06. The number of thiazole rings is 1. The minimum atomic E-state index is -0.484. The number of hydrogen-bond donors (Lipinski definition) is 2. The van der Waals surface area contributed by atoms with Gasteiger partial charge < -0.3 is 20.3 Å². The zero-order valence-electron chi connectivity index (χ0n) is 16.9. The van der Waals surface area contributed by atoms with E-state index >= 15 is 0 Å². The van der Waals surface area contributed by atoms with Crippen LogP contribution in [0.1, 0.15) is 44.8 Å². The second kappa shape index (κ2) is 11.0. The minimum absolute atomic E-state index is 0.275. The number of carbonyl (C=O) groups excluding carboxylic acids is 1. The highest BCUT2D eigenvalue weighted by atomic mass is 32.1. The van der Waals surface area contributed by atoms with E-state index < -0.39 is 5.60 Å². The number of nitrogens with one attached hydrogen (secondary N) is 2. The summed E-state index contributed by atoms with van der Waals surface area (Å²) in [6.45, 7) is 12.3. The third-order valence-electron chi connectivity index (χ3n) is 3.38. The number of hydrogen-bond acceptors (Lipinski definition) is 5. The maximum atomic E-state index is 12.2. The molecule has 148 valence electrons. The summed E-state index contributed by atoms with van der Waals surface area (Å²) in [5.74, 6) is 0.720. The first kappa shape index (κ1) is 22.2. The third kappa shape index (κ3) is 9.03. The largest absolute Gasteiger partial charge is 0.444 e. The van der Waals surface area contributed by atoms with Gasteiger partial charge in [-0.25, -0.2) is 9.78 Å². The van der Waals surface area contributed by atoms with Crippen LogP contribution in [0.2, 0.25) is 0 Å².